The predicted octanol–water partition coefficient (Wildman–Crippen LogP) is 4.42. The van der Waals surface area contributed by atoms with Crippen LogP contribution in [0.4, 0.5) is 11.4 Å². The first-order valence-electron chi connectivity index (χ1n) is 10.9. The number of carbonyl (C=O) groups excluding carboxylic acids is 1. The third kappa shape index (κ3) is 7.98. The van der Waals surface area contributed by atoms with E-state index in [4.69, 9.17) is 14.5 Å². The molecule has 174 valence electrons. The van der Waals surface area contributed by atoms with E-state index in [9.17, 15) is 4.79 Å². The Bertz CT molecular complexity index is 874. The minimum atomic E-state index is 0. The van der Waals surface area contributed by atoms with Gasteiger partial charge in [0, 0.05) is 57.1 Å². The number of aliphatic imine (C=N–C) groups is 1. The van der Waals surface area contributed by atoms with Crippen molar-refractivity contribution in [3.05, 3.63) is 54.1 Å². The fourth-order valence-corrected chi connectivity index (χ4v) is 3.37. The smallest absolute Gasteiger partial charge is 0.227 e. The molecule has 32 heavy (non-hydrogen) atoms. The highest BCUT2D eigenvalue weighted by Crippen LogP contribution is 2.22. The van der Waals surface area contributed by atoms with Gasteiger partial charge in [0.25, 0.3) is 0 Å². The number of hydrogen-bond donors (Lipinski definition) is 2. The van der Waals surface area contributed by atoms with Crippen molar-refractivity contribution >= 4 is 47.2 Å². The number of hydrogen-bond acceptors (Lipinski definition) is 4. The number of carbonyl (C=O) groups is 1. The maximum Gasteiger partial charge on any atom is 0.227 e. The fourth-order valence-electron chi connectivity index (χ4n) is 3.37. The zero-order chi connectivity index (χ0) is 21.9. The molecule has 2 aromatic carbocycles. The number of amides is 1. The van der Waals surface area contributed by atoms with Gasteiger partial charge in [-0.15, -0.1) is 24.0 Å². The van der Waals surface area contributed by atoms with Gasteiger partial charge in [-0.2, -0.15) is 0 Å². The predicted molar refractivity (Wildman–Crippen MR) is 140 cm³/mol. The summed E-state index contributed by atoms with van der Waals surface area (Å²) in [6, 6.07) is 15.9. The van der Waals surface area contributed by atoms with Crippen LogP contribution in [0.2, 0.25) is 0 Å². The highest BCUT2D eigenvalue weighted by atomic mass is 127. The van der Waals surface area contributed by atoms with Gasteiger partial charge < -0.3 is 25.0 Å². The van der Waals surface area contributed by atoms with E-state index >= 15 is 0 Å². The van der Waals surface area contributed by atoms with Gasteiger partial charge in [0.1, 0.15) is 5.75 Å². The van der Waals surface area contributed by atoms with Crippen LogP contribution in [0, 0.1) is 0 Å². The van der Waals surface area contributed by atoms with E-state index in [1.54, 1.807) is 7.11 Å². The van der Waals surface area contributed by atoms with Crippen molar-refractivity contribution in [3.63, 3.8) is 0 Å². The number of halogens is 1. The molecule has 0 atom stereocenters. The lowest BCUT2D eigenvalue weighted by Crippen LogP contribution is -2.30. The van der Waals surface area contributed by atoms with Crippen molar-refractivity contribution in [3.8, 4) is 5.75 Å². The Hall–Kier alpha value is -2.33. The number of nitrogens with zero attached hydrogens (tertiary/aromatic N) is 2. The van der Waals surface area contributed by atoms with Crippen LogP contribution in [-0.4, -0.2) is 45.3 Å². The molecule has 2 aromatic rings. The molecule has 1 aliphatic heterocycles. The van der Waals surface area contributed by atoms with E-state index in [1.807, 2.05) is 60.4 Å². The highest BCUT2D eigenvalue weighted by Gasteiger charge is 2.21. The van der Waals surface area contributed by atoms with Gasteiger partial charge in [-0.25, -0.2) is 4.99 Å². The Morgan fingerprint density at radius 3 is 2.66 bits per heavy atom. The van der Waals surface area contributed by atoms with Crippen LogP contribution < -0.4 is 20.3 Å². The molecule has 7 nitrogen and oxygen atoms in total. The molecule has 1 aliphatic rings. The Morgan fingerprint density at radius 1 is 1.16 bits per heavy atom. The molecule has 1 saturated heterocycles. The zero-order valence-corrected chi connectivity index (χ0v) is 21.1. The minimum Gasteiger partial charge on any atom is -0.493 e. The number of ether oxygens (including phenoxy) is 2. The van der Waals surface area contributed by atoms with Crippen LogP contribution in [0.15, 0.2) is 53.5 Å². The Kier molecular flexibility index (Phi) is 11.3. The van der Waals surface area contributed by atoms with E-state index < -0.39 is 0 Å². The summed E-state index contributed by atoms with van der Waals surface area (Å²) in [4.78, 5) is 18.4. The third-order valence-electron chi connectivity index (χ3n) is 4.94. The molecule has 3 rings (SSSR count). The van der Waals surface area contributed by atoms with Gasteiger partial charge in [-0.3, -0.25) is 4.79 Å². The van der Waals surface area contributed by atoms with Crippen LogP contribution in [-0.2, 0) is 16.1 Å². The SMILES string of the molecule is CCNC(=NCc1ccc(N2CCCC2=O)cc1)Nc1cccc(OCCCOC)c1.I. The maximum absolute atomic E-state index is 11.9. The average Bonchev–Trinajstić information content (AvgIpc) is 3.22. The van der Waals surface area contributed by atoms with Gasteiger partial charge in [0.2, 0.25) is 5.91 Å². The van der Waals surface area contributed by atoms with E-state index in [2.05, 4.69) is 10.6 Å². The van der Waals surface area contributed by atoms with E-state index in [0.717, 1.165) is 48.6 Å². The molecule has 0 radical (unpaired) electrons. The Labute approximate surface area is 207 Å². The minimum absolute atomic E-state index is 0. The van der Waals surface area contributed by atoms with Crippen LogP contribution in [0.1, 0.15) is 31.7 Å². The van der Waals surface area contributed by atoms with Gasteiger partial charge in [-0.1, -0.05) is 18.2 Å². The van der Waals surface area contributed by atoms with Crippen molar-refractivity contribution in [2.75, 3.05) is 43.6 Å². The van der Waals surface area contributed by atoms with Crippen molar-refractivity contribution in [2.45, 2.75) is 32.7 Å². The summed E-state index contributed by atoms with van der Waals surface area (Å²) in [7, 11) is 1.69. The Balaban J connectivity index is 0.00000363. The van der Waals surface area contributed by atoms with Crippen LogP contribution in [0.3, 0.4) is 0 Å². The number of guanidine groups is 1. The summed E-state index contributed by atoms with van der Waals surface area (Å²) in [6.07, 6.45) is 2.42. The van der Waals surface area contributed by atoms with Crippen molar-refractivity contribution < 1.29 is 14.3 Å². The molecule has 0 saturated carbocycles. The molecule has 0 unspecified atom stereocenters. The summed E-state index contributed by atoms with van der Waals surface area (Å²) in [5.74, 6) is 1.72. The van der Waals surface area contributed by atoms with Crippen molar-refractivity contribution in [1.29, 1.82) is 0 Å². The quantitative estimate of drug-likeness (QED) is 0.198. The first-order valence-corrected chi connectivity index (χ1v) is 10.9. The lowest BCUT2D eigenvalue weighted by molar-refractivity contribution is -0.117. The molecule has 0 bridgehead atoms. The second-order valence-electron chi connectivity index (χ2n) is 7.36. The largest absolute Gasteiger partial charge is 0.493 e. The van der Waals surface area contributed by atoms with Gasteiger partial charge in [0.05, 0.1) is 13.2 Å². The molecule has 1 fully saturated rings. The monoisotopic (exact) mass is 552 g/mol. The van der Waals surface area contributed by atoms with Crippen molar-refractivity contribution in [2.24, 2.45) is 4.99 Å². The highest BCUT2D eigenvalue weighted by molar-refractivity contribution is 14.0. The summed E-state index contributed by atoms with van der Waals surface area (Å²) in [6.45, 7) is 5.44. The van der Waals surface area contributed by atoms with Crippen LogP contribution in [0.25, 0.3) is 0 Å². The molecule has 1 heterocycles. The summed E-state index contributed by atoms with van der Waals surface area (Å²) in [5, 5.41) is 6.61. The number of anilines is 2. The molecule has 8 heteroatoms. The first-order chi connectivity index (χ1) is 15.2. The molecular weight excluding hydrogens is 519 g/mol. The Morgan fingerprint density at radius 2 is 1.97 bits per heavy atom. The molecule has 0 spiro atoms. The summed E-state index contributed by atoms with van der Waals surface area (Å²) < 4.78 is 10.8. The van der Waals surface area contributed by atoms with Crippen LogP contribution >= 0.6 is 24.0 Å². The van der Waals surface area contributed by atoms with Gasteiger partial charge in [0.15, 0.2) is 5.96 Å². The second kappa shape index (κ2) is 13.9. The normalized spacial score (nSPS) is 13.6. The summed E-state index contributed by atoms with van der Waals surface area (Å²) >= 11 is 0. The van der Waals surface area contributed by atoms with E-state index in [1.165, 1.54) is 0 Å². The standard InChI is InChI=1S/C24H32N4O3.HI/c1-3-25-24(27-20-7-4-8-22(17-20)31-16-6-15-30-2)26-18-19-10-12-21(13-11-19)28-14-5-9-23(28)29;/h4,7-8,10-13,17H,3,5-6,9,14-16,18H2,1-2H3,(H2,25,26,27);1H. The molecule has 0 aromatic heterocycles. The second-order valence-corrected chi connectivity index (χ2v) is 7.36. The summed E-state index contributed by atoms with van der Waals surface area (Å²) in [5.41, 5.74) is 2.96. The topological polar surface area (TPSA) is 75.2 Å². The van der Waals surface area contributed by atoms with Crippen molar-refractivity contribution in [1.82, 2.24) is 5.32 Å². The molecule has 1 amide bonds. The van der Waals surface area contributed by atoms with Gasteiger partial charge in [-0.05, 0) is 43.2 Å². The molecular formula is C24H33IN4O3. The zero-order valence-electron chi connectivity index (χ0n) is 18.8. The number of rotatable bonds is 10. The molecule has 2 N–H and O–H groups in total. The number of methoxy groups -OCH3 is 1. The fraction of sp³-hybridized carbons (Fsp3) is 0.417. The van der Waals surface area contributed by atoms with Gasteiger partial charge >= 0.3 is 0 Å². The number of nitrogens with one attached hydrogen (secondary N) is 2. The average molecular weight is 552 g/mol. The van der Waals surface area contributed by atoms with E-state index in [0.29, 0.717) is 32.1 Å². The third-order valence-corrected chi connectivity index (χ3v) is 4.94. The first kappa shape index (κ1) is 25.9. The van der Waals surface area contributed by atoms with E-state index in [-0.39, 0.29) is 29.9 Å². The number of benzene rings is 2. The lowest BCUT2D eigenvalue weighted by atomic mass is 10.2. The lowest BCUT2D eigenvalue weighted by Gasteiger charge is -2.16. The van der Waals surface area contributed by atoms with Crippen LogP contribution in [0.5, 0.6) is 5.75 Å². The maximum atomic E-state index is 11.9. The molecule has 0 aliphatic carbocycles.